The Kier molecular flexibility index (Phi) is 1.88. The summed E-state index contributed by atoms with van der Waals surface area (Å²) in [6.45, 7) is 0. The summed E-state index contributed by atoms with van der Waals surface area (Å²) in [5.41, 5.74) is 0. The molecule has 3 nitrogen and oxygen atoms in total. The van der Waals surface area contributed by atoms with Crippen molar-refractivity contribution < 1.29 is 0 Å². The van der Waals surface area contributed by atoms with Crippen molar-refractivity contribution in [2.45, 2.75) is 31.7 Å². The Hall–Kier alpha value is -0.860. The minimum Gasteiger partial charge on any atom is -0.250 e. The van der Waals surface area contributed by atoms with Crippen LogP contribution in [0.15, 0.2) is 12.4 Å². The Bertz CT molecular complexity index is 199. The van der Waals surface area contributed by atoms with Crippen LogP contribution < -0.4 is 0 Å². The fraction of sp³-hybridized carbons (Fsp3) is 0.625. The molecule has 0 amide bonds. The second-order valence-corrected chi connectivity index (χ2v) is 2.98. The Morgan fingerprint density at radius 1 is 1.27 bits per heavy atom. The molecule has 1 aliphatic carbocycles. The fourth-order valence-corrected chi connectivity index (χ4v) is 1.59. The third-order valence-corrected chi connectivity index (χ3v) is 2.22. The van der Waals surface area contributed by atoms with Gasteiger partial charge in [0.2, 0.25) is 0 Å². The van der Waals surface area contributed by atoms with E-state index < -0.39 is 0 Å². The normalized spacial score (nSPS) is 20.4. The minimum absolute atomic E-state index is 0.600. The quantitative estimate of drug-likeness (QED) is 0.608. The molecule has 0 spiro atoms. The van der Waals surface area contributed by atoms with Gasteiger partial charge in [0.25, 0.3) is 0 Å². The molecule has 0 aliphatic heterocycles. The van der Waals surface area contributed by atoms with Gasteiger partial charge in [0.05, 0.1) is 12.2 Å². The molecule has 1 fully saturated rings. The lowest BCUT2D eigenvalue weighted by Crippen LogP contribution is -2.13. The van der Waals surface area contributed by atoms with Gasteiger partial charge in [-0.2, -0.15) is 0 Å². The molecule has 1 aromatic rings. The third kappa shape index (κ3) is 1.42. The van der Waals surface area contributed by atoms with E-state index in [4.69, 9.17) is 0 Å². The van der Waals surface area contributed by atoms with E-state index in [1.165, 1.54) is 25.7 Å². The van der Waals surface area contributed by atoms with Crippen LogP contribution in [0.1, 0.15) is 31.7 Å². The molecule has 0 atom stereocenters. The highest BCUT2D eigenvalue weighted by Crippen LogP contribution is 2.25. The van der Waals surface area contributed by atoms with E-state index in [2.05, 4.69) is 16.7 Å². The molecule has 0 aromatic carbocycles. The summed E-state index contributed by atoms with van der Waals surface area (Å²) in [5.74, 6) is 0. The zero-order valence-electron chi connectivity index (χ0n) is 6.48. The van der Waals surface area contributed by atoms with Crippen LogP contribution in [0.25, 0.3) is 0 Å². The average molecular weight is 150 g/mol. The molecular formula is C8H12N3. The second-order valence-electron chi connectivity index (χ2n) is 2.98. The third-order valence-electron chi connectivity index (χ3n) is 2.22. The van der Waals surface area contributed by atoms with Gasteiger partial charge >= 0.3 is 0 Å². The van der Waals surface area contributed by atoms with Crippen molar-refractivity contribution in [3.05, 3.63) is 18.8 Å². The summed E-state index contributed by atoms with van der Waals surface area (Å²) in [6, 6.07) is 0.600. The second kappa shape index (κ2) is 3.03. The lowest BCUT2D eigenvalue weighted by Gasteiger charge is -2.20. The zero-order valence-corrected chi connectivity index (χ0v) is 6.48. The summed E-state index contributed by atoms with van der Waals surface area (Å²) in [6.07, 6.45) is 11.0. The van der Waals surface area contributed by atoms with Gasteiger partial charge in [-0.25, -0.2) is 4.68 Å². The number of hydrogen-bond acceptors (Lipinski definition) is 2. The first-order valence-electron chi connectivity index (χ1n) is 4.14. The van der Waals surface area contributed by atoms with Crippen LogP contribution in [0.2, 0.25) is 0 Å². The van der Waals surface area contributed by atoms with Gasteiger partial charge in [0.1, 0.15) is 0 Å². The van der Waals surface area contributed by atoms with Crippen molar-refractivity contribution in [3.8, 4) is 0 Å². The van der Waals surface area contributed by atoms with Gasteiger partial charge in [-0.1, -0.05) is 5.21 Å². The van der Waals surface area contributed by atoms with E-state index in [1.807, 2.05) is 10.9 Å². The molecule has 0 N–H and O–H groups in total. The molecule has 59 valence electrons. The first-order valence-corrected chi connectivity index (χ1v) is 4.14. The Morgan fingerprint density at radius 2 is 2.09 bits per heavy atom. The van der Waals surface area contributed by atoms with Gasteiger partial charge < -0.3 is 0 Å². The SMILES string of the molecule is [CH]1CCC(n2ccnn2)CC1. The molecule has 11 heavy (non-hydrogen) atoms. The highest BCUT2D eigenvalue weighted by Gasteiger charge is 2.14. The first kappa shape index (κ1) is 6.83. The lowest BCUT2D eigenvalue weighted by atomic mass is 9.96. The monoisotopic (exact) mass is 150 g/mol. The van der Waals surface area contributed by atoms with E-state index in [0.717, 1.165) is 0 Å². The first-order chi connectivity index (χ1) is 5.47. The fourth-order valence-electron chi connectivity index (χ4n) is 1.59. The maximum absolute atomic E-state index is 3.99. The van der Waals surface area contributed by atoms with Gasteiger partial charge in [-0.05, 0) is 32.1 Å². The van der Waals surface area contributed by atoms with Crippen molar-refractivity contribution in [2.75, 3.05) is 0 Å². The number of hydrogen-bond donors (Lipinski definition) is 0. The summed E-state index contributed by atoms with van der Waals surface area (Å²) in [7, 11) is 0. The van der Waals surface area contributed by atoms with Gasteiger partial charge in [0, 0.05) is 6.20 Å². The van der Waals surface area contributed by atoms with Gasteiger partial charge in [-0.3, -0.25) is 0 Å². The number of aromatic nitrogens is 3. The lowest BCUT2D eigenvalue weighted by molar-refractivity contribution is 0.358. The summed E-state index contributed by atoms with van der Waals surface area (Å²) in [4.78, 5) is 0. The van der Waals surface area contributed by atoms with Crippen LogP contribution in [-0.2, 0) is 0 Å². The average Bonchev–Trinajstić information content (AvgIpc) is 2.58. The van der Waals surface area contributed by atoms with Crippen LogP contribution >= 0.6 is 0 Å². The molecular weight excluding hydrogens is 138 g/mol. The number of rotatable bonds is 1. The maximum Gasteiger partial charge on any atom is 0.0693 e. The molecule has 2 rings (SSSR count). The smallest absolute Gasteiger partial charge is 0.0693 e. The molecule has 1 radical (unpaired) electrons. The van der Waals surface area contributed by atoms with Crippen molar-refractivity contribution >= 4 is 0 Å². The van der Waals surface area contributed by atoms with E-state index >= 15 is 0 Å². The van der Waals surface area contributed by atoms with Gasteiger partial charge in [-0.15, -0.1) is 5.10 Å². The Morgan fingerprint density at radius 3 is 2.73 bits per heavy atom. The molecule has 3 heteroatoms. The highest BCUT2D eigenvalue weighted by molar-refractivity contribution is 4.81. The van der Waals surface area contributed by atoms with Crippen molar-refractivity contribution in [1.29, 1.82) is 0 Å². The van der Waals surface area contributed by atoms with Crippen LogP contribution in [-0.4, -0.2) is 15.0 Å². The molecule has 0 saturated heterocycles. The molecule has 0 bridgehead atoms. The van der Waals surface area contributed by atoms with Crippen molar-refractivity contribution in [3.63, 3.8) is 0 Å². The van der Waals surface area contributed by atoms with Crippen LogP contribution in [0, 0.1) is 6.42 Å². The molecule has 0 unspecified atom stereocenters. The summed E-state index contributed by atoms with van der Waals surface area (Å²) < 4.78 is 1.98. The molecule has 1 aliphatic rings. The van der Waals surface area contributed by atoms with Crippen LogP contribution in [0.3, 0.4) is 0 Å². The van der Waals surface area contributed by atoms with E-state index in [0.29, 0.717) is 6.04 Å². The number of nitrogens with zero attached hydrogens (tertiary/aromatic N) is 3. The van der Waals surface area contributed by atoms with E-state index in [9.17, 15) is 0 Å². The summed E-state index contributed by atoms with van der Waals surface area (Å²) >= 11 is 0. The summed E-state index contributed by atoms with van der Waals surface area (Å²) in [5, 5.41) is 7.79. The molecule has 1 heterocycles. The van der Waals surface area contributed by atoms with Crippen molar-refractivity contribution in [1.82, 2.24) is 15.0 Å². The van der Waals surface area contributed by atoms with Crippen molar-refractivity contribution in [2.24, 2.45) is 0 Å². The topological polar surface area (TPSA) is 30.7 Å². The van der Waals surface area contributed by atoms with Gasteiger partial charge in [0.15, 0.2) is 0 Å². The molecule has 1 saturated carbocycles. The predicted octanol–water partition coefficient (Wildman–Crippen LogP) is 1.60. The highest BCUT2D eigenvalue weighted by atomic mass is 15.4. The standard InChI is InChI=1S/C8H12N3/c1-2-4-8(5-3-1)11-7-6-9-10-11/h1,6-8H,2-5H2. The maximum atomic E-state index is 3.99. The van der Waals surface area contributed by atoms with Crippen LogP contribution in [0.5, 0.6) is 0 Å². The van der Waals surface area contributed by atoms with Crippen LogP contribution in [0.4, 0.5) is 0 Å². The molecule has 1 aromatic heterocycles. The predicted molar refractivity (Wildman–Crippen MR) is 41.8 cm³/mol. The Labute approximate surface area is 66.4 Å². The van der Waals surface area contributed by atoms with E-state index in [-0.39, 0.29) is 0 Å². The largest absolute Gasteiger partial charge is 0.250 e. The minimum atomic E-state index is 0.600. The van der Waals surface area contributed by atoms with E-state index in [1.54, 1.807) is 6.20 Å². The Balaban J connectivity index is 2.04. The zero-order chi connectivity index (χ0) is 7.52.